The Kier molecular flexibility index (Phi) is 3.05. The van der Waals surface area contributed by atoms with E-state index in [-0.39, 0.29) is 5.41 Å². The molecule has 0 aliphatic heterocycles. The molecule has 0 saturated carbocycles. The van der Waals surface area contributed by atoms with Crippen LogP contribution in [0.1, 0.15) is 32.8 Å². The highest BCUT2D eigenvalue weighted by molar-refractivity contribution is 5.44. The molecule has 2 rings (SSSR count). The van der Waals surface area contributed by atoms with E-state index in [1.165, 1.54) is 5.56 Å². The van der Waals surface area contributed by atoms with Gasteiger partial charge < -0.3 is 5.32 Å². The molecule has 2 heterocycles. The molecule has 2 aromatic rings. The minimum absolute atomic E-state index is 0.271. The van der Waals surface area contributed by atoms with Crippen LogP contribution in [0.5, 0.6) is 0 Å². The molecule has 17 heavy (non-hydrogen) atoms. The van der Waals surface area contributed by atoms with Crippen LogP contribution in [0.4, 0.5) is 5.95 Å². The molecule has 0 saturated heterocycles. The summed E-state index contributed by atoms with van der Waals surface area (Å²) in [6.07, 6.45) is 3.12. The highest BCUT2D eigenvalue weighted by Gasteiger charge is 2.15. The molecule has 0 unspecified atom stereocenters. The van der Waals surface area contributed by atoms with Gasteiger partial charge in [-0.15, -0.1) is 5.10 Å². The molecule has 4 nitrogen and oxygen atoms in total. The van der Waals surface area contributed by atoms with Crippen molar-refractivity contribution in [1.29, 1.82) is 0 Å². The lowest BCUT2D eigenvalue weighted by Crippen LogP contribution is -2.22. The zero-order valence-corrected chi connectivity index (χ0v) is 11.0. The van der Waals surface area contributed by atoms with E-state index in [9.17, 15) is 0 Å². The molecule has 0 radical (unpaired) electrons. The summed E-state index contributed by atoms with van der Waals surface area (Å²) >= 11 is 0. The van der Waals surface area contributed by atoms with Crippen molar-refractivity contribution < 1.29 is 0 Å². The Morgan fingerprint density at radius 1 is 1.35 bits per heavy atom. The van der Waals surface area contributed by atoms with Crippen LogP contribution in [0.15, 0.2) is 18.3 Å². The number of hydrogen-bond acceptors (Lipinski definition) is 3. The van der Waals surface area contributed by atoms with Crippen molar-refractivity contribution in [3.8, 4) is 0 Å². The van der Waals surface area contributed by atoms with Crippen LogP contribution >= 0.6 is 0 Å². The maximum Gasteiger partial charge on any atom is 0.243 e. The van der Waals surface area contributed by atoms with Crippen molar-refractivity contribution in [3.63, 3.8) is 0 Å². The van der Waals surface area contributed by atoms with Gasteiger partial charge in [-0.25, -0.2) is 4.52 Å². The van der Waals surface area contributed by atoms with E-state index in [0.717, 1.165) is 18.6 Å². The van der Waals surface area contributed by atoms with Gasteiger partial charge in [-0.1, -0.05) is 26.8 Å². The Hall–Kier alpha value is -1.58. The Morgan fingerprint density at radius 3 is 2.82 bits per heavy atom. The molecule has 0 amide bonds. The van der Waals surface area contributed by atoms with Crippen LogP contribution < -0.4 is 5.32 Å². The minimum Gasteiger partial charge on any atom is -0.352 e. The van der Waals surface area contributed by atoms with Gasteiger partial charge in [0.2, 0.25) is 5.95 Å². The predicted octanol–water partition coefficient (Wildman–Crippen LogP) is 2.89. The van der Waals surface area contributed by atoms with Crippen LogP contribution in [0.2, 0.25) is 0 Å². The molecule has 0 fully saturated rings. The lowest BCUT2D eigenvalue weighted by Gasteiger charge is -2.22. The van der Waals surface area contributed by atoms with Gasteiger partial charge in [-0.2, -0.15) is 4.98 Å². The van der Waals surface area contributed by atoms with Crippen LogP contribution in [-0.4, -0.2) is 21.1 Å². The zero-order valence-electron chi connectivity index (χ0n) is 11.0. The molecular weight excluding hydrogens is 212 g/mol. The Bertz CT molecular complexity index is 513. The van der Waals surface area contributed by atoms with Gasteiger partial charge in [0.15, 0.2) is 5.65 Å². The second-order valence-electron chi connectivity index (χ2n) is 5.32. The minimum atomic E-state index is 0.271. The maximum absolute atomic E-state index is 4.43. The van der Waals surface area contributed by atoms with Gasteiger partial charge >= 0.3 is 0 Å². The molecule has 92 valence electrons. The van der Waals surface area contributed by atoms with Crippen molar-refractivity contribution in [2.24, 2.45) is 5.41 Å². The first-order valence-electron chi connectivity index (χ1n) is 6.07. The number of nitrogens with zero attached hydrogens (tertiary/aromatic N) is 3. The molecule has 0 spiro atoms. The summed E-state index contributed by atoms with van der Waals surface area (Å²) in [5, 5.41) is 7.71. The number of hydrogen-bond donors (Lipinski definition) is 1. The average Bonchev–Trinajstić information content (AvgIpc) is 2.68. The summed E-state index contributed by atoms with van der Waals surface area (Å²) in [7, 11) is 0. The molecule has 2 aromatic heterocycles. The third-order valence-electron chi connectivity index (χ3n) is 3.16. The number of aryl methyl sites for hydroxylation is 1. The van der Waals surface area contributed by atoms with Crippen LogP contribution in [0, 0.1) is 12.3 Å². The number of fused-ring (bicyclic) bond motifs is 1. The van der Waals surface area contributed by atoms with E-state index in [4.69, 9.17) is 0 Å². The standard InChI is InChI=1S/C13H20N4/c1-5-13(3,4)9-14-12-15-11-7-6-10(2)8-17(11)16-12/h6-8H,5,9H2,1-4H3,(H,14,16). The normalized spacial score (nSPS) is 12.0. The van der Waals surface area contributed by atoms with E-state index in [1.54, 1.807) is 0 Å². The lowest BCUT2D eigenvalue weighted by molar-refractivity contribution is 0.376. The number of anilines is 1. The molecule has 4 heteroatoms. The van der Waals surface area contributed by atoms with E-state index in [1.807, 2.05) is 22.8 Å². The SMILES string of the molecule is CCC(C)(C)CNc1nc2ccc(C)cn2n1. The number of aromatic nitrogens is 3. The van der Waals surface area contributed by atoms with Gasteiger partial charge in [0, 0.05) is 12.7 Å². The van der Waals surface area contributed by atoms with E-state index in [2.05, 4.69) is 43.1 Å². The second kappa shape index (κ2) is 4.35. The van der Waals surface area contributed by atoms with E-state index >= 15 is 0 Å². The van der Waals surface area contributed by atoms with Crippen molar-refractivity contribution in [3.05, 3.63) is 23.9 Å². The first-order chi connectivity index (χ1) is 8.00. The summed E-state index contributed by atoms with van der Waals surface area (Å²) in [5.41, 5.74) is 2.34. The fraction of sp³-hybridized carbons (Fsp3) is 0.538. The first-order valence-corrected chi connectivity index (χ1v) is 6.07. The number of rotatable bonds is 4. The molecule has 0 aliphatic carbocycles. The highest BCUT2D eigenvalue weighted by Crippen LogP contribution is 2.19. The van der Waals surface area contributed by atoms with Crippen molar-refractivity contribution in [2.45, 2.75) is 34.1 Å². The molecule has 0 aromatic carbocycles. The summed E-state index contributed by atoms with van der Waals surface area (Å²) in [6, 6.07) is 4.03. The summed E-state index contributed by atoms with van der Waals surface area (Å²) in [4.78, 5) is 4.43. The van der Waals surface area contributed by atoms with E-state index in [0.29, 0.717) is 5.95 Å². The molecule has 0 atom stereocenters. The zero-order chi connectivity index (χ0) is 12.5. The fourth-order valence-corrected chi connectivity index (χ4v) is 1.50. The third kappa shape index (κ3) is 2.75. The van der Waals surface area contributed by atoms with E-state index < -0.39 is 0 Å². The smallest absolute Gasteiger partial charge is 0.243 e. The van der Waals surface area contributed by atoms with Gasteiger partial charge in [-0.3, -0.25) is 0 Å². The summed E-state index contributed by atoms with van der Waals surface area (Å²) in [6.45, 7) is 9.61. The summed E-state index contributed by atoms with van der Waals surface area (Å²) in [5.74, 6) is 0.706. The number of pyridine rings is 1. The van der Waals surface area contributed by atoms with Gasteiger partial charge in [0.05, 0.1) is 0 Å². The third-order valence-corrected chi connectivity index (χ3v) is 3.16. The molecular formula is C13H20N4. The maximum atomic E-state index is 4.43. The van der Waals surface area contributed by atoms with Crippen LogP contribution in [0.3, 0.4) is 0 Å². The lowest BCUT2D eigenvalue weighted by atomic mass is 9.90. The topological polar surface area (TPSA) is 42.2 Å². The highest BCUT2D eigenvalue weighted by atomic mass is 15.3. The Labute approximate surface area is 102 Å². The van der Waals surface area contributed by atoms with Gasteiger partial charge in [-0.05, 0) is 30.4 Å². The molecule has 1 N–H and O–H groups in total. The van der Waals surface area contributed by atoms with Crippen molar-refractivity contribution in [2.75, 3.05) is 11.9 Å². The fourth-order valence-electron chi connectivity index (χ4n) is 1.50. The predicted molar refractivity (Wildman–Crippen MR) is 70.3 cm³/mol. The van der Waals surface area contributed by atoms with Gasteiger partial charge in [0.1, 0.15) is 0 Å². The first kappa shape index (κ1) is 11.9. The average molecular weight is 232 g/mol. The largest absolute Gasteiger partial charge is 0.352 e. The number of nitrogens with one attached hydrogen (secondary N) is 1. The Balaban J connectivity index is 2.15. The molecule has 0 aliphatic rings. The quantitative estimate of drug-likeness (QED) is 0.881. The monoisotopic (exact) mass is 232 g/mol. The van der Waals surface area contributed by atoms with Gasteiger partial charge in [0.25, 0.3) is 0 Å². The van der Waals surface area contributed by atoms with Crippen molar-refractivity contribution >= 4 is 11.6 Å². The summed E-state index contributed by atoms with van der Waals surface area (Å²) < 4.78 is 1.82. The van der Waals surface area contributed by atoms with Crippen molar-refractivity contribution in [1.82, 2.24) is 14.6 Å². The second-order valence-corrected chi connectivity index (χ2v) is 5.32. The Morgan fingerprint density at radius 2 is 2.12 bits per heavy atom. The molecule has 0 bridgehead atoms. The van der Waals surface area contributed by atoms with Crippen LogP contribution in [0.25, 0.3) is 5.65 Å². The van der Waals surface area contributed by atoms with Crippen LogP contribution in [-0.2, 0) is 0 Å².